The molecule has 0 spiro atoms. The van der Waals surface area contributed by atoms with E-state index in [0.717, 1.165) is 28.7 Å². The molecule has 0 radical (unpaired) electrons. The van der Waals surface area contributed by atoms with Crippen molar-refractivity contribution in [3.05, 3.63) is 30.0 Å². The Bertz CT molecular complexity index is 867. The number of sulfonamides is 1. The van der Waals surface area contributed by atoms with Crippen LogP contribution < -0.4 is 20.1 Å². The van der Waals surface area contributed by atoms with Gasteiger partial charge in [0.25, 0.3) is 0 Å². The van der Waals surface area contributed by atoms with E-state index in [2.05, 4.69) is 20.3 Å². The average molecular weight is 510 g/mol. The topological polar surface area (TPSA) is 105 Å². The lowest BCUT2D eigenvalue weighted by molar-refractivity contribution is 0.336. The average Bonchev–Trinajstić information content (AvgIpc) is 3.02. The Morgan fingerprint density at radius 1 is 1.33 bits per heavy atom. The summed E-state index contributed by atoms with van der Waals surface area (Å²) in [7, 11) is -1.55. The van der Waals surface area contributed by atoms with Crippen molar-refractivity contribution in [3.8, 4) is 5.75 Å². The molecule has 2 rings (SSSR count). The SMILES string of the molecule is CCOc1cccc2cc(C(C)NC(=NC)NCCNS(C)(=O)=O)oc12.I. The van der Waals surface area contributed by atoms with Crippen molar-refractivity contribution in [2.75, 3.05) is 33.0 Å². The second-order valence-electron chi connectivity index (χ2n) is 5.79. The van der Waals surface area contributed by atoms with Crippen molar-refractivity contribution in [1.82, 2.24) is 15.4 Å². The molecule has 152 valence electrons. The monoisotopic (exact) mass is 510 g/mol. The molecule has 0 saturated heterocycles. The van der Waals surface area contributed by atoms with Crippen LogP contribution in [-0.2, 0) is 10.0 Å². The van der Waals surface area contributed by atoms with Crippen molar-refractivity contribution in [3.63, 3.8) is 0 Å². The van der Waals surface area contributed by atoms with Crippen LogP contribution in [-0.4, -0.2) is 47.4 Å². The lowest BCUT2D eigenvalue weighted by atomic mass is 10.2. The summed E-state index contributed by atoms with van der Waals surface area (Å²) in [5, 5.41) is 7.25. The second-order valence-corrected chi connectivity index (χ2v) is 7.62. The van der Waals surface area contributed by atoms with E-state index in [1.807, 2.05) is 38.1 Å². The first-order valence-electron chi connectivity index (χ1n) is 8.41. The van der Waals surface area contributed by atoms with Gasteiger partial charge in [-0.05, 0) is 26.0 Å². The fourth-order valence-corrected chi connectivity index (χ4v) is 2.90. The standard InChI is InChI=1S/C17H26N4O4S.HI/c1-5-24-14-8-6-7-13-11-15(25-16(13)14)12(2)21-17(18-3)19-9-10-20-26(4,22)23;/h6-8,11-12,20H,5,9-10H2,1-4H3,(H2,18,19,21);1H. The maximum Gasteiger partial charge on any atom is 0.208 e. The number of hydrogen-bond donors (Lipinski definition) is 3. The summed E-state index contributed by atoms with van der Waals surface area (Å²) in [5.41, 5.74) is 0.721. The quantitative estimate of drug-likeness (QED) is 0.218. The molecule has 1 heterocycles. The van der Waals surface area contributed by atoms with Crippen LogP contribution in [0.1, 0.15) is 25.6 Å². The summed E-state index contributed by atoms with van der Waals surface area (Å²) >= 11 is 0. The number of halogens is 1. The van der Waals surface area contributed by atoms with Crippen LogP contribution >= 0.6 is 24.0 Å². The third kappa shape index (κ3) is 7.18. The highest BCUT2D eigenvalue weighted by molar-refractivity contribution is 14.0. The highest BCUT2D eigenvalue weighted by Crippen LogP contribution is 2.31. The Hall–Kier alpha value is -1.53. The van der Waals surface area contributed by atoms with Gasteiger partial charge in [-0.2, -0.15) is 0 Å². The molecule has 0 aliphatic carbocycles. The molecule has 8 nitrogen and oxygen atoms in total. The molecule has 0 amide bonds. The molecule has 2 aromatic rings. The van der Waals surface area contributed by atoms with Crippen LogP contribution in [0, 0.1) is 0 Å². The molecule has 1 atom stereocenters. The number of aliphatic imine (C=N–C) groups is 1. The minimum atomic E-state index is -3.20. The number of guanidine groups is 1. The Labute approximate surface area is 177 Å². The summed E-state index contributed by atoms with van der Waals surface area (Å²) in [6, 6.07) is 7.62. The van der Waals surface area contributed by atoms with Crippen molar-refractivity contribution in [1.29, 1.82) is 0 Å². The van der Waals surface area contributed by atoms with E-state index in [1.165, 1.54) is 0 Å². The van der Waals surface area contributed by atoms with Crippen LogP contribution in [0.25, 0.3) is 11.0 Å². The molecular formula is C17H27IN4O4S. The third-order valence-corrected chi connectivity index (χ3v) is 4.34. The van der Waals surface area contributed by atoms with Gasteiger partial charge in [0.1, 0.15) is 5.76 Å². The molecule has 3 N–H and O–H groups in total. The number of nitrogens with one attached hydrogen (secondary N) is 3. The van der Waals surface area contributed by atoms with Crippen molar-refractivity contribution in [2.24, 2.45) is 4.99 Å². The van der Waals surface area contributed by atoms with E-state index in [4.69, 9.17) is 9.15 Å². The number of furan rings is 1. The number of ether oxygens (including phenoxy) is 1. The third-order valence-electron chi connectivity index (χ3n) is 3.61. The van der Waals surface area contributed by atoms with E-state index >= 15 is 0 Å². The highest BCUT2D eigenvalue weighted by Gasteiger charge is 2.15. The second kappa shape index (κ2) is 10.7. The molecule has 10 heteroatoms. The lowest BCUT2D eigenvalue weighted by Crippen LogP contribution is -2.42. The van der Waals surface area contributed by atoms with E-state index < -0.39 is 10.0 Å². The molecule has 0 aliphatic heterocycles. The predicted octanol–water partition coefficient (Wildman–Crippen LogP) is 2.22. The molecular weight excluding hydrogens is 483 g/mol. The molecule has 0 fully saturated rings. The Kier molecular flexibility index (Phi) is 9.33. The van der Waals surface area contributed by atoms with E-state index in [1.54, 1.807) is 7.05 Å². The molecule has 0 bridgehead atoms. The minimum Gasteiger partial charge on any atom is -0.490 e. The normalized spacial score (nSPS) is 13.1. The van der Waals surface area contributed by atoms with Gasteiger partial charge in [0.05, 0.1) is 18.9 Å². The number of benzene rings is 1. The van der Waals surface area contributed by atoms with Crippen LogP contribution in [0.15, 0.2) is 33.7 Å². The molecule has 1 unspecified atom stereocenters. The molecule has 27 heavy (non-hydrogen) atoms. The predicted molar refractivity (Wildman–Crippen MR) is 119 cm³/mol. The van der Waals surface area contributed by atoms with Crippen LogP contribution in [0.5, 0.6) is 5.75 Å². The van der Waals surface area contributed by atoms with E-state index in [-0.39, 0.29) is 36.6 Å². The number of nitrogens with zero attached hydrogens (tertiary/aromatic N) is 1. The largest absolute Gasteiger partial charge is 0.490 e. The van der Waals surface area contributed by atoms with Gasteiger partial charge in [-0.15, -0.1) is 24.0 Å². The zero-order valence-corrected chi connectivity index (χ0v) is 19.1. The van der Waals surface area contributed by atoms with Gasteiger partial charge in [-0.1, -0.05) is 12.1 Å². The molecule has 1 aromatic carbocycles. The fourth-order valence-electron chi connectivity index (χ4n) is 2.43. The number of para-hydroxylation sites is 1. The first kappa shape index (κ1) is 23.5. The Balaban J connectivity index is 0.00000364. The first-order chi connectivity index (χ1) is 12.3. The first-order valence-corrected chi connectivity index (χ1v) is 10.3. The summed E-state index contributed by atoms with van der Waals surface area (Å²) in [6.07, 6.45) is 1.13. The summed E-state index contributed by atoms with van der Waals surface area (Å²) in [6.45, 7) is 5.15. The van der Waals surface area contributed by atoms with Crippen LogP contribution in [0.3, 0.4) is 0 Å². The van der Waals surface area contributed by atoms with Gasteiger partial charge in [0, 0.05) is 25.5 Å². The van der Waals surface area contributed by atoms with Gasteiger partial charge >= 0.3 is 0 Å². The van der Waals surface area contributed by atoms with Crippen LogP contribution in [0.4, 0.5) is 0 Å². The minimum absolute atomic E-state index is 0. The van der Waals surface area contributed by atoms with Gasteiger partial charge in [-0.3, -0.25) is 4.99 Å². The van der Waals surface area contributed by atoms with Crippen LogP contribution in [0.2, 0.25) is 0 Å². The Morgan fingerprint density at radius 2 is 2.07 bits per heavy atom. The maximum atomic E-state index is 11.1. The van der Waals surface area contributed by atoms with Gasteiger partial charge in [-0.25, -0.2) is 13.1 Å². The molecule has 0 aliphatic rings. The molecule has 0 saturated carbocycles. The zero-order valence-electron chi connectivity index (χ0n) is 15.9. The van der Waals surface area contributed by atoms with Gasteiger partial charge in [0.15, 0.2) is 17.3 Å². The number of fused-ring (bicyclic) bond motifs is 1. The fraction of sp³-hybridized carbons (Fsp3) is 0.471. The summed E-state index contributed by atoms with van der Waals surface area (Å²) in [4.78, 5) is 4.14. The summed E-state index contributed by atoms with van der Waals surface area (Å²) < 4.78 is 36.1. The van der Waals surface area contributed by atoms with Gasteiger partial charge in [0.2, 0.25) is 10.0 Å². The smallest absolute Gasteiger partial charge is 0.208 e. The lowest BCUT2D eigenvalue weighted by Gasteiger charge is -2.16. The van der Waals surface area contributed by atoms with E-state index in [0.29, 0.717) is 19.1 Å². The van der Waals surface area contributed by atoms with Crippen molar-refractivity contribution < 1.29 is 17.6 Å². The Morgan fingerprint density at radius 3 is 2.70 bits per heavy atom. The maximum absolute atomic E-state index is 11.1. The summed E-state index contributed by atoms with van der Waals surface area (Å²) in [5.74, 6) is 2.03. The van der Waals surface area contributed by atoms with Crippen molar-refractivity contribution >= 4 is 50.9 Å². The number of rotatable bonds is 8. The van der Waals surface area contributed by atoms with Gasteiger partial charge < -0.3 is 19.8 Å². The number of hydrogen-bond acceptors (Lipinski definition) is 5. The molecule has 1 aromatic heterocycles. The van der Waals surface area contributed by atoms with Crippen molar-refractivity contribution in [2.45, 2.75) is 19.9 Å². The van der Waals surface area contributed by atoms with E-state index in [9.17, 15) is 8.42 Å². The highest BCUT2D eigenvalue weighted by atomic mass is 127. The zero-order chi connectivity index (χ0) is 19.2.